The first-order valence-corrected chi connectivity index (χ1v) is 6.25. The molecule has 0 aromatic carbocycles. The van der Waals surface area contributed by atoms with Crippen molar-refractivity contribution in [3.63, 3.8) is 0 Å². The van der Waals surface area contributed by atoms with Gasteiger partial charge in [-0.1, -0.05) is 11.6 Å². The van der Waals surface area contributed by atoms with Gasteiger partial charge in [-0.25, -0.2) is 9.97 Å². The molecule has 1 aliphatic heterocycles. The number of anilines is 1. The molecule has 1 aromatic rings. The smallest absolute Gasteiger partial charge is 0.134 e. The van der Waals surface area contributed by atoms with Crippen LogP contribution in [0.2, 0.25) is 5.15 Å². The first-order chi connectivity index (χ1) is 6.97. The lowest BCUT2D eigenvalue weighted by Gasteiger charge is -2.44. The molecule has 82 valence electrons. The van der Waals surface area contributed by atoms with E-state index in [4.69, 9.17) is 11.6 Å². The zero-order valence-electron chi connectivity index (χ0n) is 9.04. The molecule has 1 aromatic heterocycles. The Morgan fingerprint density at radius 3 is 2.73 bits per heavy atom. The molecule has 0 radical (unpaired) electrons. The van der Waals surface area contributed by atoms with Crippen molar-refractivity contribution in [1.29, 1.82) is 0 Å². The summed E-state index contributed by atoms with van der Waals surface area (Å²) in [5.41, 5.74) is 0. The van der Waals surface area contributed by atoms with E-state index in [2.05, 4.69) is 29.1 Å². The van der Waals surface area contributed by atoms with Crippen molar-refractivity contribution in [3.05, 3.63) is 17.0 Å². The van der Waals surface area contributed by atoms with Crippen LogP contribution < -0.4 is 5.32 Å². The van der Waals surface area contributed by atoms with Crippen LogP contribution in [0.5, 0.6) is 0 Å². The number of nitrogens with zero attached hydrogens (tertiary/aromatic N) is 2. The van der Waals surface area contributed by atoms with Gasteiger partial charge in [-0.3, -0.25) is 0 Å². The molecule has 3 nitrogen and oxygen atoms in total. The van der Waals surface area contributed by atoms with E-state index in [9.17, 15) is 0 Å². The average molecular weight is 244 g/mol. The largest absolute Gasteiger partial charge is 0.365 e. The van der Waals surface area contributed by atoms with E-state index in [0.29, 0.717) is 17.0 Å². The van der Waals surface area contributed by atoms with E-state index in [1.54, 1.807) is 6.07 Å². The molecule has 0 saturated carbocycles. The van der Waals surface area contributed by atoms with Gasteiger partial charge in [0, 0.05) is 16.6 Å². The maximum atomic E-state index is 5.87. The third-order valence-electron chi connectivity index (χ3n) is 2.59. The van der Waals surface area contributed by atoms with Crippen LogP contribution >= 0.6 is 23.4 Å². The molecule has 1 saturated heterocycles. The fourth-order valence-corrected chi connectivity index (χ4v) is 2.87. The Morgan fingerprint density at radius 2 is 2.27 bits per heavy atom. The fraction of sp³-hybridized carbons (Fsp3) is 0.600. The summed E-state index contributed by atoms with van der Waals surface area (Å²) in [4.78, 5) is 8.34. The summed E-state index contributed by atoms with van der Waals surface area (Å²) < 4.78 is 0.283. The Bertz CT molecular complexity index is 361. The van der Waals surface area contributed by atoms with Crippen molar-refractivity contribution in [2.24, 2.45) is 0 Å². The first-order valence-electron chi connectivity index (χ1n) is 4.89. The standard InChI is InChI=1S/C10H14ClN3S/c1-6-12-8(11)4-9(13-6)14-7-5-15-10(7,2)3/h4,7H,5H2,1-3H3,(H,12,13,14). The van der Waals surface area contributed by atoms with Gasteiger partial charge >= 0.3 is 0 Å². The molecular weight excluding hydrogens is 230 g/mol. The van der Waals surface area contributed by atoms with Gasteiger partial charge in [-0.15, -0.1) is 0 Å². The Balaban J connectivity index is 2.11. The monoisotopic (exact) mass is 243 g/mol. The molecule has 15 heavy (non-hydrogen) atoms. The van der Waals surface area contributed by atoms with Crippen LogP contribution in [0.4, 0.5) is 5.82 Å². The predicted molar refractivity (Wildman–Crippen MR) is 65.7 cm³/mol. The van der Waals surface area contributed by atoms with Crippen molar-refractivity contribution < 1.29 is 0 Å². The van der Waals surface area contributed by atoms with E-state index >= 15 is 0 Å². The van der Waals surface area contributed by atoms with Crippen molar-refractivity contribution in [3.8, 4) is 0 Å². The molecule has 0 amide bonds. The number of halogens is 1. The third kappa shape index (κ3) is 2.37. The van der Waals surface area contributed by atoms with E-state index < -0.39 is 0 Å². The molecule has 1 fully saturated rings. The second-order valence-electron chi connectivity index (χ2n) is 4.23. The van der Waals surface area contributed by atoms with Crippen molar-refractivity contribution in [1.82, 2.24) is 9.97 Å². The summed E-state index contributed by atoms with van der Waals surface area (Å²) in [6.45, 7) is 6.31. The Hall–Kier alpha value is -0.480. The zero-order valence-corrected chi connectivity index (χ0v) is 10.6. The Labute approximate surface area is 99.0 Å². The Morgan fingerprint density at radius 1 is 1.53 bits per heavy atom. The Kier molecular flexibility index (Phi) is 2.81. The summed E-state index contributed by atoms with van der Waals surface area (Å²) in [6.07, 6.45) is 0. The summed E-state index contributed by atoms with van der Waals surface area (Å²) in [5.74, 6) is 2.65. The van der Waals surface area contributed by atoms with Crippen LogP contribution in [0.15, 0.2) is 6.07 Å². The van der Waals surface area contributed by atoms with Crippen LogP contribution in [0.25, 0.3) is 0 Å². The molecule has 1 unspecified atom stereocenters. The van der Waals surface area contributed by atoms with Gasteiger partial charge in [-0.2, -0.15) is 11.8 Å². The summed E-state index contributed by atoms with van der Waals surface area (Å²) >= 11 is 7.83. The van der Waals surface area contributed by atoms with Crippen LogP contribution in [0.1, 0.15) is 19.7 Å². The van der Waals surface area contributed by atoms with Gasteiger partial charge in [0.05, 0.1) is 6.04 Å². The normalized spacial score (nSPS) is 23.3. The third-order valence-corrected chi connectivity index (χ3v) is 4.31. The van der Waals surface area contributed by atoms with Crippen LogP contribution in [0.3, 0.4) is 0 Å². The number of hydrogen-bond donors (Lipinski definition) is 1. The molecular formula is C10H14ClN3S. The van der Waals surface area contributed by atoms with E-state index in [0.717, 1.165) is 11.6 Å². The topological polar surface area (TPSA) is 37.8 Å². The predicted octanol–water partition coefficient (Wildman–Crippen LogP) is 2.74. The van der Waals surface area contributed by atoms with Crippen molar-refractivity contribution in [2.45, 2.75) is 31.6 Å². The number of thioether (sulfide) groups is 1. The van der Waals surface area contributed by atoms with Gasteiger partial charge in [-0.05, 0) is 20.8 Å². The molecule has 0 spiro atoms. The zero-order chi connectivity index (χ0) is 11.1. The average Bonchev–Trinajstić information content (AvgIpc) is 2.11. The van der Waals surface area contributed by atoms with E-state index in [1.165, 1.54) is 0 Å². The van der Waals surface area contributed by atoms with E-state index in [1.807, 2.05) is 18.7 Å². The summed E-state index contributed by atoms with van der Waals surface area (Å²) in [6, 6.07) is 2.24. The lowest BCUT2D eigenvalue weighted by atomic mass is 10.0. The van der Waals surface area contributed by atoms with Crippen LogP contribution in [-0.2, 0) is 0 Å². The van der Waals surface area contributed by atoms with Crippen LogP contribution in [0, 0.1) is 6.92 Å². The second kappa shape index (κ2) is 3.83. The highest BCUT2D eigenvalue weighted by Crippen LogP contribution is 2.41. The molecule has 0 bridgehead atoms. The molecule has 5 heteroatoms. The SMILES string of the molecule is Cc1nc(Cl)cc(NC2CSC2(C)C)n1. The highest BCUT2D eigenvalue weighted by atomic mass is 35.5. The van der Waals surface area contributed by atoms with Gasteiger partial charge in [0.1, 0.15) is 16.8 Å². The van der Waals surface area contributed by atoms with Gasteiger partial charge < -0.3 is 5.32 Å². The van der Waals surface area contributed by atoms with Gasteiger partial charge in [0.15, 0.2) is 0 Å². The minimum absolute atomic E-state index is 0.283. The second-order valence-corrected chi connectivity index (χ2v) is 6.30. The number of aromatic nitrogens is 2. The van der Waals surface area contributed by atoms with Crippen LogP contribution in [-0.4, -0.2) is 26.5 Å². The molecule has 2 rings (SSSR count). The lowest BCUT2D eigenvalue weighted by molar-refractivity contribution is 0.574. The molecule has 2 heterocycles. The van der Waals surface area contributed by atoms with Crippen molar-refractivity contribution >= 4 is 29.2 Å². The number of nitrogens with one attached hydrogen (secondary N) is 1. The number of aryl methyl sites for hydroxylation is 1. The van der Waals surface area contributed by atoms with Gasteiger partial charge in [0.2, 0.25) is 0 Å². The molecule has 1 aliphatic rings. The summed E-state index contributed by atoms with van der Waals surface area (Å²) in [5, 5.41) is 3.89. The van der Waals surface area contributed by atoms with Gasteiger partial charge in [0.25, 0.3) is 0 Å². The highest BCUT2D eigenvalue weighted by molar-refractivity contribution is 8.02. The fourth-order valence-electron chi connectivity index (χ4n) is 1.50. The maximum Gasteiger partial charge on any atom is 0.134 e. The molecule has 1 N–H and O–H groups in total. The first kappa shape index (κ1) is 11.0. The highest BCUT2D eigenvalue weighted by Gasteiger charge is 2.39. The quantitative estimate of drug-likeness (QED) is 0.811. The van der Waals surface area contributed by atoms with E-state index in [-0.39, 0.29) is 4.75 Å². The number of rotatable bonds is 2. The molecule has 0 aliphatic carbocycles. The van der Waals surface area contributed by atoms with Crippen molar-refractivity contribution in [2.75, 3.05) is 11.1 Å². The lowest BCUT2D eigenvalue weighted by Crippen LogP contribution is -2.50. The minimum Gasteiger partial charge on any atom is -0.365 e. The maximum absolute atomic E-state index is 5.87. The number of hydrogen-bond acceptors (Lipinski definition) is 4. The molecule has 1 atom stereocenters. The minimum atomic E-state index is 0.283. The summed E-state index contributed by atoms with van der Waals surface area (Å²) in [7, 11) is 0.